The Kier molecular flexibility index (Phi) is 5.42. The molecule has 15 heavy (non-hydrogen) atoms. The first-order valence-corrected chi connectivity index (χ1v) is 6.54. The van der Waals surface area contributed by atoms with E-state index in [0.29, 0.717) is 23.8 Å². The van der Waals surface area contributed by atoms with Crippen molar-refractivity contribution in [1.82, 2.24) is 0 Å². The van der Waals surface area contributed by atoms with E-state index in [1.54, 1.807) is 0 Å². The maximum absolute atomic E-state index is 10.9. The SMILES string of the molecule is COC(=O)CCCC[C@@H]1SC[C@H]([NH3+])[C@@H]1[NH3+]. The molecule has 0 aromatic rings. The Morgan fingerprint density at radius 1 is 1.47 bits per heavy atom. The van der Waals surface area contributed by atoms with Gasteiger partial charge in [-0.1, -0.05) is 6.42 Å². The van der Waals surface area contributed by atoms with E-state index in [2.05, 4.69) is 16.2 Å². The van der Waals surface area contributed by atoms with E-state index in [-0.39, 0.29) is 5.97 Å². The number of ether oxygens (including phenoxy) is 1. The van der Waals surface area contributed by atoms with Crippen molar-refractivity contribution in [3.8, 4) is 0 Å². The number of carbonyl (C=O) groups is 1. The Hall–Kier alpha value is -0.260. The van der Waals surface area contributed by atoms with Gasteiger partial charge in [0.15, 0.2) is 0 Å². The van der Waals surface area contributed by atoms with Crippen LogP contribution in [0.25, 0.3) is 0 Å². The van der Waals surface area contributed by atoms with Crippen molar-refractivity contribution in [3.63, 3.8) is 0 Å². The molecule has 0 aliphatic carbocycles. The first kappa shape index (κ1) is 12.8. The summed E-state index contributed by atoms with van der Waals surface area (Å²) in [7, 11) is 1.44. The maximum Gasteiger partial charge on any atom is 0.305 e. The van der Waals surface area contributed by atoms with Crippen LogP contribution in [0.15, 0.2) is 0 Å². The molecule has 0 unspecified atom stereocenters. The van der Waals surface area contributed by atoms with Crippen LogP contribution >= 0.6 is 11.8 Å². The average molecular weight is 234 g/mol. The zero-order valence-corrected chi connectivity index (χ0v) is 10.2. The van der Waals surface area contributed by atoms with Gasteiger partial charge in [0.05, 0.1) is 18.1 Å². The molecule has 88 valence electrons. The summed E-state index contributed by atoms with van der Waals surface area (Å²) in [6, 6.07) is 0.980. The highest BCUT2D eigenvalue weighted by molar-refractivity contribution is 8.00. The molecule has 0 bridgehead atoms. The highest BCUT2D eigenvalue weighted by atomic mass is 32.2. The van der Waals surface area contributed by atoms with E-state index in [9.17, 15) is 4.79 Å². The molecule has 1 fully saturated rings. The number of unbranched alkanes of at least 4 members (excludes halogenated alkanes) is 1. The quantitative estimate of drug-likeness (QED) is 0.476. The summed E-state index contributed by atoms with van der Waals surface area (Å²) >= 11 is 1.98. The van der Waals surface area contributed by atoms with Gasteiger partial charge in [0.2, 0.25) is 0 Å². The van der Waals surface area contributed by atoms with Gasteiger partial charge < -0.3 is 16.2 Å². The van der Waals surface area contributed by atoms with Crippen LogP contribution in [0.4, 0.5) is 0 Å². The minimum absolute atomic E-state index is 0.102. The van der Waals surface area contributed by atoms with Crippen LogP contribution in [0, 0.1) is 0 Å². The van der Waals surface area contributed by atoms with Crippen LogP contribution in [0.2, 0.25) is 0 Å². The number of rotatable bonds is 5. The number of esters is 1. The van der Waals surface area contributed by atoms with Crippen molar-refractivity contribution in [2.45, 2.75) is 43.0 Å². The van der Waals surface area contributed by atoms with Crippen LogP contribution in [0.1, 0.15) is 25.7 Å². The lowest BCUT2D eigenvalue weighted by atomic mass is 10.0. The van der Waals surface area contributed by atoms with E-state index in [0.717, 1.165) is 25.0 Å². The van der Waals surface area contributed by atoms with E-state index >= 15 is 0 Å². The normalized spacial score (nSPS) is 30.5. The number of thioether (sulfide) groups is 1. The minimum Gasteiger partial charge on any atom is -0.469 e. The van der Waals surface area contributed by atoms with E-state index in [1.807, 2.05) is 11.8 Å². The summed E-state index contributed by atoms with van der Waals surface area (Å²) in [6.45, 7) is 0. The van der Waals surface area contributed by atoms with Crippen molar-refractivity contribution in [2.24, 2.45) is 0 Å². The number of hydrogen-bond donors (Lipinski definition) is 2. The molecule has 1 rings (SSSR count). The van der Waals surface area contributed by atoms with Crippen molar-refractivity contribution < 1.29 is 21.0 Å². The highest BCUT2D eigenvalue weighted by Crippen LogP contribution is 2.27. The fourth-order valence-corrected chi connectivity index (χ4v) is 3.36. The molecule has 1 aliphatic rings. The lowest BCUT2D eigenvalue weighted by molar-refractivity contribution is -0.520. The molecule has 0 saturated carbocycles. The topological polar surface area (TPSA) is 81.6 Å². The minimum atomic E-state index is -0.102. The summed E-state index contributed by atoms with van der Waals surface area (Å²) in [5.41, 5.74) is 8.24. The molecule has 0 radical (unpaired) electrons. The number of hydrogen-bond acceptors (Lipinski definition) is 3. The Morgan fingerprint density at radius 2 is 2.20 bits per heavy atom. The summed E-state index contributed by atoms with van der Waals surface area (Å²) in [5.74, 6) is 1.03. The van der Waals surface area contributed by atoms with Crippen molar-refractivity contribution in [3.05, 3.63) is 0 Å². The molecule has 1 saturated heterocycles. The van der Waals surface area contributed by atoms with Gasteiger partial charge in [-0.3, -0.25) is 4.79 Å². The van der Waals surface area contributed by atoms with Crippen LogP contribution in [-0.4, -0.2) is 36.2 Å². The third-order valence-electron chi connectivity index (χ3n) is 2.95. The predicted molar refractivity (Wildman–Crippen MR) is 60.1 cm³/mol. The van der Waals surface area contributed by atoms with Crippen molar-refractivity contribution in [2.75, 3.05) is 12.9 Å². The van der Waals surface area contributed by atoms with Crippen LogP contribution in [0.3, 0.4) is 0 Å². The van der Waals surface area contributed by atoms with Crippen LogP contribution in [0.5, 0.6) is 0 Å². The van der Waals surface area contributed by atoms with Crippen LogP contribution < -0.4 is 11.5 Å². The number of carbonyl (C=O) groups excluding carboxylic acids is 1. The maximum atomic E-state index is 10.9. The molecular formula is C10H22N2O2S+2. The monoisotopic (exact) mass is 234 g/mol. The first-order chi connectivity index (χ1) is 7.15. The Balaban J connectivity index is 2.08. The van der Waals surface area contributed by atoms with Gasteiger partial charge in [0.1, 0.15) is 12.1 Å². The van der Waals surface area contributed by atoms with E-state index in [4.69, 9.17) is 0 Å². The second-order valence-corrected chi connectivity index (χ2v) is 5.39. The number of quaternary nitrogens is 2. The lowest BCUT2D eigenvalue weighted by Gasteiger charge is -2.11. The molecule has 0 amide bonds. The summed E-state index contributed by atoms with van der Waals surface area (Å²) in [6.07, 6.45) is 3.72. The molecule has 0 spiro atoms. The first-order valence-electron chi connectivity index (χ1n) is 5.49. The summed E-state index contributed by atoms with van der Waals surface area (Å²) < 4.78 is 4.59. The van der Waals surface area contributed by atoms with Gasteiger partial charge in [0, 0.05) is 6.42 Å². The van der Waals surface area contributed by atoms with Crippen molar-refractivity contribution >= 4 is 17.7 Å². The fraction of sp³-hybridized carbons (Fsp3) is 0.900. The molecule has 4 nitrogen and oxygen atoms in total. The van der Waals surface area contributed by atoms with E-state index in [1.165, 1.54) is 7.11 Å². The zero-order valence-electron chi connectivity index (χ0n) is 9.41. The molecule has 0 aromatic heterocycles. The molecular weight excluding hydrogens is 212 g/mol. The standard InChI is InChI=1S/C10H20N2O2S/c1-14-9(13)5-3-2-4-8-10(12)7(11)6-15-8/h7-8,10H,2-6,11-12H2,1H3/p+2/t7-,8-,10-/m0/s1. The zero-order chi connectivity index (χ0) is 11.3. The van der Waals surface area contributed by atoms with Gasteiger partial charge in [-0.15, -0.1) is 11.8 Å². The largest absolute Gasteiger partial charge is 0.469 e. The smallest absolute Gasteiger partial charge is 0.305 e. The van der Waals surface area contributed by atoms with Gasteiger partial charge >= 0.3 is 5.97 Å². The van der Waals surface area contributed by atoms with Crippen LogP contribution in [-0.2, 0) is 9.53 Å². The fourth-order valence-electron chi connectivity index (χ4n) is 1.81. The predicted octanol–water partition coefficient (Wildman–Crippen LogP) is -0.944. The number of methoxy groups -OCH3 is 1. The van der Waals surface area contributed by atoms with Crippen molar-refractivity contribution in [1.29, 1.82) is 0 Å². The molecule has 5 heteroatoms. The van der Waals surface area contributed by atoms with E-state index < -0.39 is 0 Å². The van der Waals surface area contributed by atoms with Gasteiger partial charge in [-0.2, -0.15) is 0 Å². The molecule has 1 heterocycles. The molecule has 6 N–H and O–H groups in total. The van der Waals surface area contributed by atoms with Gasteiger partial charge in [0.25, 0.3) is 0 Å². The second kappa shape index (κ2) is 6.35. The highest BCUT2D eigenvalue weighted by Gasteiger charge is 2.36. The summed E-state index contributed by atoms with van der Waals surface area (Å²) in [5, 5.41) is 0.644. The van der Waals surface area contributed by atoms with Gasteiger partial charge in [-0.05, 0) is 12.8 Å². The second-order valence-electron chi connectivity index (χ2n) is 4.12. The lowest BCUT2D eigenvalue weighted by Crippen LogP contribution is -2.80. The molecule has 0 aromatic carbocycles. The third kappa shape index (κ3) is 4.01. The Labute approximate surface area is 95.1 Å². The Bertz CT molecular complexity index is 214. The summed E-state index contributed by atoms with van der Waals surface area (Å²) in [4.78, 5) is 10.9. The third-order valence-corrected chi connectivity index (χ3v) is 4.59. The Morgan fingerprint density at radius 3 is 2.73 bits per heavy atom. The van der Waals surface area contributed by atoms with Gasteiger partial charge in [-0.25, -0.2) is 0 Å². The average Bonchev–Trinajstić information content (AvgIpc) is 2.55. The molecule has 3 atom stereocenters. The molecule has 1 aliphatic heterocycles.